The topological polar surface area (TPSA) is 46.5 Å². The molecule has 0 heterocycles. The lowest BCUT2D eigenvalue weighted by Gasteiger charge is -2.21. The van der Waals surface area contributed by atoms with Gasteiger partial charge in [-0.2, -0.15) is 0 Å². The van der Waals surface area contributed by atoms with Crippen LogP contribution >= 0.6 is 0 Å². The summed E-state index contributed by atoms with van der Waals surface area (Å²) in [5.41, 5.74) is -3.85. The van der Waals surface area contributed by atoms with Gasteiger partial charge in [0.25, 0.3) is 0 Å². The highest BCUT2D eigenvalue weighted by Crippen LogP contribution is 2.80. The maximum absolute atomic E-state index is 14.2. The van der Waals surface area contributed by atoms with Gasteiger partial charge in [0.15, 0.2) is 23.3 Å². The molecule has 0 spiro atoms. The summed E-state index contributed by atoms with van der Waals surface area (Å²) < 4.78 is 60.8. The second-order valence-electron chi connectivity index (χ2n) is 7.59. The molecule has 1 fully saturated rings. The van der Waals surface area contributed by atoms with Crippen LogP contribution in [0.5, 0.6) is 0 Å². The van der Waals surface area contributed by atoms with Crippen LogP contribution in [0.25, 0.3) is 0 Å². The third-order valence-corrected chi connectivity index (χ3v) is 5.80. The molecule has 0 bridgehead atoms. The van der Waals surface area contributed by atoms with Crippen molar-refractivity contribution in [2.45, 2.75) is 34.1 Å². The lowest BCUT2D eigenvalue weighted by atomic mass is 9.85. The predicted octanol–water partition coefficient (Wildman–Crippen LogP) is 4.50. The van der Waals surface area contributed by atoms with E-state index in [4.69, 9.17) is 4.74 Å². The average molecular weight is 374 g/mol. The molecule has 2 rings (SSSR count). The number of carboxylic acids is 1. The van der Waals surface area contributed by atoms with Crippen molar-refractivity contribution in [1.82, 2.24) is 0 Å². The SMILES string of the molecule is COCC1(C=C(C)C)C(C)(C)C1(Cc1c(F)c(F)cc(F)c1F)C(=O)O. The number of allylic oxidation sites excluding steroid dienone is 1. The van der Waals surface area contributed by atoms with E-state index in [0.29, 0.717) is 0 Å². The highest BCUT2D eigenvalue weighted by molar-refractivity contribution is 5.84. The first-order valence-corrected chi connectivity index (χ1v) is 8.10. The van der Waals surface area contributed by atoms with Gasteiger partial charge in [-0.15, -0.1) is 0 Å². The van der Waals surface area contributed by atoms with E-state index < -0.39 is 57.5 Å². The van der Waals surface area contributed by atoms with Crippen LogP contribution in [-0.4, -0.2) is 24.8 Å². The van der Waals surface area contributed by atoms with Crippen molar-refractivity contribution in [3.8, 4) is 0 Å². The number of ether oxygens (including phenoxy) is 1. The zero-order valence-electron chi connectivity index (χ0n) is 15.3. The summed E-state index contributed by atoms with van der Waals surface area (Å²) in [4.78, 5) is 12.3. The summed E-state index contributed by atoms with van der Waals surface area (Å²) in [6.07, 6.45) is 1.00. The first-order chi connectivity index (χ1) is 11.9. The molecular weight excluding hydrogens is 352 g/mol. The number of benzene rings is 1. The summed E-state index contributed by atoms with van der Waals surface area (Å²) in [6, 6.07) is 0.109. The molecule has 144 valence electrons. The van der Waals surface area contributed by atoms with Gasteiger partial charge >= 0.3 is 5.97 Å². The smallest absolute Gasteiger partial charge is 0.311 e. The molecule has 0 saturated heterocycles. The molecule has 3 nitrogen and oxygen atoms in total. The van der Waals surface area contributed by atoms with Crippen molar-refractivity contribution in [3.63, 3.8) is 0 Å². The molecule has 1 saturated carbocycles. The van der Waals surface area contributed by atoms with Gasteiger partial charge in [0.1, 0.15) is 0 Å². The fraction of sp³-hybridized carbons (Fsp3) is 0.526. The van der Waals surface area contributed by atoms with Crippen LogP contribution in [0.15, 0.2) is 17.7 Å². The number of carboxylic acid groups (broad SMARTS) is 1. The number of hydrogen-bond acceptors (Lipinski definition) is 2. The van der Waals surface area contributed by atoms with E-state index in [1.165, 1.54) is 7.11 Å². The predicted molar refractivity (Wildman–Crippen MR) is 87.6 cm³/mol. The molecule has 1 N–H and O–H groups in total. The third kappa shape index (κ3) is 2.47. The van der Waals surface area contributed by atoms with Gasteiger partial charge in [0, 0.05) is 24.2 Å². The Morgan fingerprint density at radius 3 is 2.04 bits per heavy atom. The maximum atomic E-state index is 14.2. The minimum atomic E-state index is -1.69. The zero-order chi connectivity index (χ0) is 20.1. The molecule has 26 heavy (non-hydrogen) atoms. The molecule has 1 aliphatic carbocycles. The van der Waals surface area contributed by atoms with E-state index in [1.807, 2.05) is 0 Å². The van der Waals surface area contributed by atoms with Gasteiger partial charge < -0.3 is 9.84 Å². The Labute approximate surface area is 149 Å². The summed E-state index contributed by atoms with van der Waals surface area (Å²) in [5, 5.41) is 9.98. The van der Waals surface area contributed by atoms with E-state index in [-0.39, 0.29) is 12.7 Å². The van der Waals surface area contributed by atoms with Crippen molar-refractivity contribution in [1.29, 1.82) is 0 Å². The molecule has 0 aromatic heterocycles. The van der Waals surface area contributed by atoms with Gasteiger partial charge in [-0.25, -0.2) is 17.6 Å². The number of halogens is 4. The van der Waals surface area contributed by atoms with Gasteiger partial charge in [0.2, 0.25) is 0 Å². The molecule has 2 unspecified atom stereocenters. The molecule has 0 amide bonds. The first-order valence-electron chi connectivity index (χ1n) is 8.10. The maximum Gasteiger partial charge on any atom is 0.311 e. The monoisotopic (exact) mass is 374 g/mol. The van der Waals surface area contributed by atoms with Crippen molar-refractivity contribution >= 4 is 5.97 Å². The minimum absolute atomic E-state index is 0.0154. The average Bonchev–Trinajstić information content (AvgIpc) is 2.91. The minimum Gasteiger partial charge on any atom is -0.481 e. The van der Waals surface area contributed by atoms with E-state index in [1.54, 1.807) is 33.8 Å². The molecule has 2 atom stereocenters. The van der Waals surface area contributed by atoms with Crippen LogP contribution in [0.3, 0.4) is 0 Å². The standard InChI is InChI=1S/C19H22F4O3/c1-10(2)7-18(9-26-5)17(3,4)19(18,16(24)25)8-11-14(22)12(20)6-13(21)15(11)23/h6-7H,8-9H2,1-5H3,(H,24,25). The van der Waals surface area contributed by atoms with Crippen molar-refractivity contribution < 1.29 is 32.2 Å². The van der Waals surface area contributed by atoms with Crippen LogP contribution < -0.4 is 0 Å². The highest BCUT2D eigenvalue weighted by Gasteiger charge is 2.85. The lowest BCUT2D eigenvalue weighted by Crippen LogP contribution is -2.30. The number of methoxy groups -OCH3 is 1. The molecule has 1 aromatic carbocycles. The van der Waals surface area contributed by atoms with Crippen molar-refractivity contribution in [3.05, 3.63) is 46.5 Å². The normalized spacial score (nSPS) is 26.5. The zero-order valence-corrected chi connectivity index (χ0v) is 15.3. The van der Waals surface area contributed by atoms with Gasteiger partial charge in [-0.05, 0) is 25.7 Å². The van der Waals surface area contributed by atoms with E-state index in [0.717, 1.165) is 5.57 Å². The number of aliphatic carboxylic acids is 1. The number of hydrogen-bond donors (Lipinski definition) is 1. The molecule has 0 radical (unpaired) electrons. The largest absolute Gasteiger partial charge is 0.481 e. The Hall–Kier alpha value is -1.89. The molecule has 1 aliphatic rings. The Balaban J connectivity index is 2.72. The molecule has 1 aromatic rings. The van der Waals surface area contributed by atoms with Gasteiger partial charge in [0.05, 0.1) is 12.0 Å². The molecular formula is C19H22F4O3. The quantitative estimate of drug-likeness (QED) is 0.453. The van der Waals surface area contributed by atoms with Crippen molar-refractivity contribution in [2.75, 3.05) is 13.7 Å². The van der Waals surface area contributed by atoms with Crippen LogP contribution in [-0.2, 0) is 16.0 Å². The summed E-state index contributed by atoms with van der Waals surface area (Å²) in [5.74, 6) is -7.57. The second kappa shape index (κ2) is 6.37. The molecule has 7 heteroatoms. The number of carbonyl (C=O) groups is 1. The summed E-state index contributed by atoms with van der Waals surface area (Å²) in [6.45, 7) is 6.80. The molecule has 0 aliphatic heterocycles. The highest BCUT2D eigenvalue weighted by atomic mass is 19.2. The van der Waals surface area contributed by atoms with E-state index in [9.17, 15) is 27.5 Å². The van der Waals surface area contributed by atoms with Gasteiger partial charge in [-0.3, -0.25) is 4.79 Å². The Morgan fingerprint density at radius 2 is 1.65 bits per heavy atom. The lowest BCUT2D eigenvalue weighted by molar-refractivity contribution is -0.146. The Bertz CT molecular complexity index is 757. The second-order valence-corrected chi connectivity index (χ2v) is 7.59. The van der Waals surface area contributed by atoms with Crippen LogP contribution in [0.2, 0.25) is 0 Å². The first kappa shape index (κ1) is 20.4. The van der Waals surface area contributed by atoms with Crippen LogP contribution in [0, 0.1) is 39.5 Å². The van der Waals surface area contributed by atoms with E-state index >= 15 is 0 Å². The summed E-state index contributed by atoms with van der Waals surface area (Å²) in [7, 11) is 1.39. The fourth-order valence-electron chi connectivity index (χ4n) is 4.42. The Morgan fingerprint density at radius 1 is 1.15 bits per heavy atom. The third-order valence-electron chi connectivity index (χ3n) is 5.80. The number of rotatable bonds is 6. The Kier molecular flexibility index (Phi) is 5.00. The van der Waals surface area contributed by atoms with Gasteiger partial charge in [-0.1, -0.05) is 25.5 Å². The van der Waals surface area contributed by atoms with Crippen LogP contribution in [0.4, 0.5) is 17.6 Å². The summed E-state index contributed by atoms with van der Waals surface area (Å²) >= 11 is 0. The van der Waals surface area contributed by atoms with E-state index in [2.05, 4.69) is 0 Å². The van der Waals surface area contributed by atoms with Crippen LogP contribution in [0.1, 0.15) is 33.3 Å². The fourth-order valence-corrected chi connectivity index (χ4v) is 4.42. The van der Waals surface area contributed by atoms with Crippen molar-refractivity contribution in [2.24, 2.45) is 16.2 Å².